The standard InChI is InChI=1S/C15H24N2O2S/c1-11(2)14-12(7-8-13(18)19)20-15(16-14)17-9-5-3-4-6-10-17/h11H,3-10H2,1-2H3,(H,18,19). The highest BCUT2D eigenvalue weighted by Crippen LogP contribution is 2.32. The number of nitrogens with zero attached hydrogens (tertiary/aromatic N) is 2. The Morgan fingerprint density at radius 3 is 2.50 bits per heavy atom. The number of rotatable bonds is 5. The molecule has 112 valence electrons. The van der Waals surface area contributed by atoms with Crippen molar-refractivity contribution in [1.29, 1.82) is 0 Å². The van der Waals surface area contributed by atoms with E-state index in [0.29, 0.717) is 12.3 Å². The lowest BCUT2D eigenvalue weighted by Gasteiger charge is -2.18. The lowest BCUT2D eigenvalue weighted by Crippen LogP contribution is -2.23. The summed E-state index contributed by atoms with van der Waals surface area (Å²) in [6.45, 7) is 6.43. The maximum absolute atomic E-state index is 10.8. The third-order valence-corrected chi connectivity index (χ3v) is 4.90. The summed E-state index contributed by atoms with van der Waals surface area (Å²) in [6, 6.07) is 0. The summed E-state index contributed by atoms with van der Waals surface area (Å²) in [5.74, 6) is -0.375. The van der Waals surface area contributed by atoms with Crippen LogP contribution in [0.2, 0.25) is 0 Å². The summed E-state index contributed by atoms with van der Waals surface area (Å²) < 4.78 is 0. The normalized spacial score (nSPS) is 16.4. The molecule has 1 aromatic rings. The molecule has 0 bridgehead atoms. The number of hydrogen-bond donors (Lipinski definition) is 1. The smallest absolute Gasteiger partial charge is 0.303 e. The summed E-state index contributed by atoms with van der Waals surface area (Å²) in [4.78, 5) is 19.1. The van der Waals surface area contributed by atoms with Crippen molar-refractivity contribution in [2.45, 2.75) is 58.3 Å². The summed E-state index contributed by atoms with van der Waals surface area (Å²) in [7, 11) is 0. The van der Waals surface area contributed by atoms with Crippen molar-refractivity contribution < 1.29 is 9.90 Å². The van der Waals surface area contributed by atoms with Gasteiger partial charge in [0.05, 0.1) is 12.1 Å². The van der Waals surface area contributed by atoms with E-state index >= 15 is 0 Å². The number of hydrogen-bond acceptors (Lipinski definition) is 4. The third kappa shape index (κ3) is 3.95. The predicted molar refractivity (Wildman–Crippen MR) is 82.8 cm³/mol. The molecule has 0 spiro atoms. The minimum atomic E-state index is -0.732. The monoisotopic (exact) mass is 296 g/mol. The molecule has 1 aliphatic rings. The molecule has 1 aromatic heterocycles. The van der Waals surface area contributed by atoms with E-state index in [1.165, 1.54) is 25.7 Å². The van der Waals surface area contributed by atoms with E-state index in [1.54, 1.807) is 11.3 Å². The maximum Gasteiger partial charge on any atom is 0.303 e. The van der Waals surface area contributed by atoms with Crippen LogP contribution in [0, 0.1) is 0 Å². The van der Waals surface area contributed by atoms with Gasteiger partial charge >= 0.3 is 5.97 Å². The second kappa shape index (κ2) is 7.07. The topological polar surface area (TPSA) is 53.4 Å². The molecule has 0 aliphatic carbocycles. The van der Waals surface area contributed by atoms with Crippen LogP contribution in [0.25, 0.3) is 0 Å². The zero-order valence-electron chi connectivity index (χ0n) is 12.4. The largest absolute Gasteiger partial charge is 0.481 e. The van der Waals surface area contributed by atoms with Crippen molar-refractivity contribution in [2.24, 2.45) is 0 Å². The van der Waals surface area contributed by atoms with Gasteiger partial charge in [0.15, 0.2) is 5.13 Å². The Morgan fingerprint density at radius 1 is 1.30 bits per heavy atom. The fraction of sp³-hybridized carbons (Fsp3) is 0.733. The summed E-state index contributed by atoms with van der Waals surface area (Å²) in [5.41, 5.74) is 1.09. The molecule has 1 fully saturated rings. The molecule has 2 heterocycles. The number of carbonyl (C=O) groups is 1. The number of aromatic nitrogens is 1. The molecule has 1 N–H and O–H groups in total. The predicted octanol–water partition coefficient (Wildman–Crippen LogP) is 3.66. The highest BCUT2D eigenvalue weighted by molar-refractivity contribution is 7.15. The molecular formula is C15H24N2O2S. The number of aryl methyl sites for hydroxylation is 1. The molecule has 0 aromatic carbocycles. The zero-order chi connectivity index (χ0) is 14.5. The van der Waals surface area contributed by atoms with Crippen LogP contribution in [0.5, 0.6) is 0 Å². The summed E-state index contributed by atoms with van der Waals surface area (Å²) in [6.07, 6.45) is 5.90. The average molecular weight is 296 g/mol. The van der Waals surface area contributed by atoms with Gasteiger partial charge in [0, 0.05) is 18.0 Å². The Balaban J connectivity index is 2.16. The quantitative estimate of drug-likeness (QED) is 0.901. The van der Waals surface area contributed by atoms with Crippen molar-refractivity contribution in [1.82, 2.24) is 4.98 Å². The van der Waals surface area contributed by atoms with Crippen molar-refractivity contribution >= 4 is 22.4 Å². The van der Waals surface area contributed by atoms with Gasteiger partial charge in [-0.3, -0.25) is 4.79 Å². The third-order valence-electron chi connectivity index (χ3n) is 3.71. The van der Waals surface area contributed by atoms with Gasteiger partial charge in [0.1, 0.15) is 0 Å². The molecule has 5 heteroatoms. The lowest BCUT2D eigenvalue weighted by atomic mass is 10.1. The Kier molecular flexibility index (Phi) is 5.40. The van der Waals surface area contributed by atoms with Gasteiger partial charge in [-0.15, -0.1) is 11.3 Å². The van der Waals surface area contributed by atoms with E-state index in [0.717, 1.165) is 28.8 Å². The Morgan fingerprint density at radius 2 is 1.95 bits per heavy atom. The number of carboxylic acid groups (broad SMARTS) is 1. The molecule has 1 saturated heterocycles. The van der Waals surface area contributed by atoms with E-state index < -0.39 is 5.97 Å². The molecule has 2 rings (SSSR count). The molecule has 0 saturated carbocycles. The number of carboxylic acids is 1. The number of thiazole rings is 1. The fourth-order valence-corrected chi connectivity index (χ4v) is 3.86. The minimum absolute atomic E-state index is 0.196. The van der Waals surface area contributed by atoms with Crippen LogP contribution in [0.4, 0.5) is 5.13 Å². The fourth-order valence-electron chi connectivity index (χ4n) is 2.60. The van der Waals surface area contributed by atoms with Gasteiger partial charge in [-0.1, -0.05) is 26.7 Å². The van der Waals surface area contributed by atoms with Crippen LogP contribution >= 0.6 is 11.3 Å². The molecule has 0 amide bonds. The first-order valence-corrected chi connectivity index (χ1v) is 8.36. The van der Waals surface area contributed by atoms with E-state index in [2.05, 4.69) is 18.7 Å². The van der Waals surface area contributed by atoms with Crippen molar-refractivity contribution in [2.75, 3.05) is 18.0 Å². The van der Waals surface area contributed by atoms with Crippen LogP contribution < -0.4 is 4.90 Å². The molecular weight excluding hydrogens is 272 g/mol. The van der Waals surface area contributed by atoms with Crippen LogP contribution in [-0.4, -0.2) is 29.1 Å². The van der Waals surface area contributed by atoms with Gasteiger partial charge in [-0.2, -0.15) is 0 Å². The molecule has 0 radical (unpaired) electrons. The van der Waals surface area contributed by atoms with Gasteiger partial charge in [-0.25, -0.2) is 4.98 Å². The average Bonchev–Trinajstić information content (AvgIpc) is 2.63. The van der Waals surface area contributed by atoms with Crippen LogP contribution in [0.3, 0.4) is 0 Å². The van der Waals surface area contributed by atoms with E-state index in [1.807, 2.05) is 0 Å². The summed E-state index contributed by atoms with van der Waals surface area (Å²) in [5, 5.41) is 9.96. The second-order valence-electron chi connectivity index (χ2n) is 5.75. The number of anilines is 1. The van der Waals surface area contributed by atoms with Crippen molar-refractivity contribution in [3.8, 4) is 0 Å². The Bertz CT molecular complexity index is 449. The lowest BCUT2D eigenvalue weighted by molar-refractivity contribution is -0.136. The molecule has 4 nitrogen and oxygen atoms in total. The first-order chi connectivity index (χ1) is 9.58. The zero-order valence-corrected chi connectivity index (χ0v) is 13.2. The number of aliphatic carboxylic acids is 1. The van der Waals surface area contributed by atoms with Gasteiger partial charge in [0.2, 0.25) is 0 Å². The highest BCUT2D eigenvalue weighted by atomic mass is 32.1. The van der Waals surface area contributed by atoms with Crippen LogP contribution in [0.1, 0.15) is 62.4 Å². The molecule has 1 aliphatic heterocycles. The highest BCUT2D eigenvalue weighted by Gasteiger charge is 2.19. The SMILES string of the molecule is CC(C)c1nc(N2CCCCCC2)sc1CCC(=O)O. The van der Waals surface area contributed by atoms with Gasteiger partial charge in [0.25, 0.3) is 0 Å². The first kappa shape index (κ1) is 15.3. The summed E-state index contributed by atoms with van der Waals surface area (Å²) >= 11 is 1.70. The molecule has 20 heavy (non-hydrogen) atoms. The van der Waals surface area contributed by atoms with Crippen LogP contribution in [-0.2, 0) is 11.2 Å². The van der Waals surface area contributed by atoms with Gasteiger partial charge in [-0.05, 0) is 25.2 Å². The molecule has 0 atom stereocenters. The van der Waals surface area contributed by atoms with Crippen molar-refractivity contribution in [3.63, 3.8) is 0 Å². The first-order valence-electron chi connectivity index (χ1n) is 7.54. The maximum atomic E-state index is 10.8. The Hall–Kier alpha value is -1.10. The molecule has 0 unspecified atom stereocenters. The van der Waals surface area contributed by atoms with E-state index in [4.69, 9.17) is 10.1 Å². The van der Waals surface area contributed by atoms with Gasteiger partial charge < -0.3 is 10.0 Å². The second-order valence-corrected chi connectivity index (χ2v) is 6.82. The Labute approximate surface area is 124 Å². The van der Waals surface area contributed by atoms with Crippen molar-refractivity contribution in [3.05, 3.63) is 10.6 Å². The van der Waals surface area contributed by atoms with Crippen LogP contribution in [0.15, 0.2) is 0 Å². The minimum Gasteiger partial charge on any atom is -0.481 e. The van der Waals surface area contributed by atoms with E-state index in [-0.39, 0.29) is 6.42 Å². The van der Waals surface area contributed by atoms with E-state index in [9.17, 15) is 4.79 Å².